The van der Waals surface area contributed by atoms with E-state index in [1.807, 2.05) is 55.5 Å². The number of hydrogen-bond donors (Lipinski definition) is 1. The lowest BCUT2D eigenvalue weighted by atomic mass is 10.0. The highest BCUT2D eigenvalue weighted by atomic mass is 32.2. The van der Waals surface area contributed by atoms with E-state index in [-0.39, 0.29) is 11.7 Å². The molecule has 1 amide bonds. The van der Waals surface area contributed by atoms with Crippen molar-refractivity contribution in [1.29, 1.82) is 0 Å². The summed E-state index contributed by atoms with van der Waals surface area (Å²) >= 11 is 2.79. The van der Waals surface area contributed by atoms with Crippen molar-refractivity contribution < 1.29 is 14.3 Å². The fourth-order valence-corrected chi connectivity index (χ4v) is 5.28. The van der Waals surface area contributed by atoms with Crippen molar-refractivity contribution in [2.75, 3.05) is 12.4 Å². The van der Waals surface area contributed by atoms with Gasteiger partial charge in [0.15, 0.2) is 15.8 Å². The van der Waals surface area contributed by atoms with Gasteiger partial charge in [-0.2, -0.15) is 5.10 Å². The van der Waals surface area contributed by atoms with E-state index < -0.39 is 0 Å². The summed E-state index contributed by atoms with van der Waals surface area (Å²) in [6, 6.07) is 19.8. The molecule has 9 heteroatoms. The molecule has 4 rings (SSSR count). The number of nitrogens with zero attached hydrogens (tertiary/aromatic N) is 3. The van der Waals surface area contributed by atoms with Crippen LogP contribution >= 0.6 is 23.1 Å². The Labute approximate surface area is 231 Å². The second-order valence-corrected chi connectivity index (χ2v) is 10.8. The van der Waals surface area contributed by atoms with Gasteiger partial charge < -0.3 is 9.47 Å². The van der Waals surface area contributed by atoms with Gasteiger partial charge in [-0.1, -0.05) is 65.6 Å². The lowest BCUT2D eigenvalue weighted by molar-refractivity contribution is -0.118. The van der Waals surface area contributed by atoms with Crippen LogP contribution in [-0.2, 0) is 11.4 Å². The SMILES string of the molecule is CCOc1cc(C=NNC(=O)CSc2nnc(-c3ccccc3)s2)ccc1OCc1cc(C)c(C)cc1C. The average molecular weight is 547 g/mol. The molecule has 38 heavy (non-hydrogen) atoms. The summed E-state index contributed by atoms with van der Waals surface area (Å²) in [5.74, 6) is 1.26. The highest BCUT2D eigenvalue weighted by Crippen LogP contribution is 2.30. The minimum absolute atomic E-state index is 0.190. The Morgan fingerprint density at radius 1 is 0.974 bits per heavy atom. The maximum atomic E-state index is 12.3. The molecule has 0 bridgehead atoms. The van der Waals surface area contributed by atoms with Gasteiger partial charge >= 0.3 is 0 Å². The van der Waals surface area contributed by atoms with Crippen LogP contribution in [0.25, 0.3) is 10.6 Å². The number of amides is 1. The first-order valence-electron chi connectivity index (χ1n) is 12.2. The Kier molecular flexibility index (Phi) is 9.51. The number of hydrazone groups is 1. The van der Waals surface area contributed by atoms with E-state index in [1.54, 1.807) is 6.21 Å². The summed E-state index contributed by atoms with van der Waals surface area (Å²) in [6.07, 6.45) is 1.58. The third kappa shape index (κ3) is 7.43. The molecular formula is C29H30N4O3S2. The molecule has 1 aromatic heterocycles. The standard InChI is InChI=1S/C29H30N4O3S2/c1-5-35-26-15-22(11-12-25(26)36-17-24-14-20(3)19(2)13-21(24)4)16-30-31-27(34)18-37-29-33-32-28(38-29)23-9-7-6-8-10-23/h6-16H,5,17-18H2,1-4H3,(H,31,34). The van der Waals surface area contributed by atoms with Gasteiger partial charge in [0, 0.05) is 5.56 Å². The summed E-state index contributed by atoms with van der Waals surface area (Å²) in [6.45, 7) is 9.20. The van der Waals surface area contributed by atoms with E-state index in [4.69, 9.17) is 9.47 Å². The normalized spacial score (nSPS) is 11.1. The number of ether oxygens (including phenoxy) is 2. The minimum atomic E-state index is -0.226. The molecule has 0 spiro atoms. The Morgan fingerprint density at radius 2 is 1.76 bits per heavy atom. The molecule has 0 saturated carbocycles. The van der Waals surface area contributed by atoms with Crippen LogP contribution in [-0.4, -0.2) is 34.7 Å². The monoisotopic (exact) mass is 546 g/mol. The van der Waals surface area contributed by atoms with Crippen molar-refractivity contribution in [1.82, 2.24) is 15.6 Å². The van der Waals surface area contributed by atoms with E-state index in [0.29, 0.717) is 24.7 Å². The first-order chi connectivity index (χ1) is 18.4. The van der Waals surface area contributed by atoms with Gasteiger partial charge in [0.25, 0.3) is 5.91 Å². The fraction of sp³-hybridized carbons (Fsp3) is 0.241. The number of nitrogens with one attached hydrogen (secondary N) is 1. The molecule has 3 aromatic carbocycles. The van der Waals surface area contributed by atoms with Gasteiger partial charge in [-0.15, -0.1) is 10.2 Å². The lowest BCUT2D eigenvalue weighted by Crippen LogP contribution is -2.19. The minimum Gasteiger partial charge on any atom is -0.490 e. The number of carbonyl (C=O) groups is 1. The van der Waals surface area contributed by atoms with E-state index in [2.05, 4.69) is 53.6 Å². The number of benzene rings is 3. The van der Waals surface area contributed by atoms with E-state index in [0.717, 1.165) is 26.0 Å². The zero-order valence-electron chi connectivity index (χ0n) is 21.9. The Balaban J connectivity index is 1.31. The second kappa shape index (κ2) is 13.2. The van der Waals surface area contributed by atoms with Crippen molar-refractivity contribution >= 4 is 35.2 Å². The lowest BCUT2D eigenvalue weighted by Gasteiger charge is -2.15. The molecule has 0 aliphatic rings. The van der Waals surface area contributed by atoms with Crippen LogP contribution in [0.1, 0.15) is 34.7 Å². The Morgan fingerprint density at radius 3 is 2.55 bits per heavy atom. The van der Waals surface area contributed by atoms with Crippen molar-refractivity contribution in [3.8, 4) is 22.1 Å². The Bertz CT molecular complexity index is 1420. The largest absolute Gasteiger partial charge is 0.490 e. The molecule has 0 radical (unpaired) electrons. The molecule has 196 valence electrons. The summed E-state index contributed by atoms with van der Waals surface area (Å²) in [5.41, 5.74) is 9.21. The predicted octanol–water partition coefficient (Wildman–Crippen LogP) is 6.35. The summed E-state index contributed by atoms with van der Waals surface area (Å²) in [4.78, 5) is 12.3. The average Bonchev–Trinajstić information content (AvgIpc) is 3.39. The van der Waals surface area contributed by atoms with Gasteiger partial charge in [0.2, 0.25) is 0 Å². The number of carbonyl (C=O) groups excluding carboxylic acids is 1. The molecule has 0 aliphatic carbocycles. The molecule has 1 N–H and O–H groups in total. The highest BCUT2D eigenvalue weighted by molar-refractivity contribution is 8.01. The quantitative estimate of drug-likeness (QED) is 0.134. The van der Waals surface area contributed by atoms with Crippen LogP contribution in [0.5, 0.6) is 11.5 Å². The van der Waals surface area contributed by atoms with E-state index in [1.165, 1.54) is 39.8 Å². The first-order valence-corrected chi connectivity index (χ1v) is 14.0. The summed E-state index contributed by atoms with van der Waals surface area (Å²) in [5, 5.41) is 13.3. The van der Waals surface area contributed by atoms with E-state index >= 15 is 0 Å². The highest BCUT2D eigenvalue weighted by Gasteiger charge is 2.10. The van der Waals surface area contributed by atoms with Crippen LogP contribution in [0.4, 0.5) is 0 Å². The summed E-state index contributed by atoms with van der Waals surface area (Å²) in [7, 11) is 0. The molecule has 1 heterocycles. The topological polar surface area (TPSA) is 85.7 Å². The molecule has 7 nitrogen and oxygen atoms in total. The van der Waals surface area contributed by atoms with Crippen LogP contribution in [0.3, 0.4) is 0 Å². The zero-order chi connectivity index (χ0) is 26.9. The van der Waals surface area contributed by atoms with Crippen LogP contribution in [0.2, 0.25) is 0 Å². The van der Waals surface area contributed by atoms with Crippen LogP contribution in [0.15, 0.2) is 70.1 Å². The number of thioether (sulfide) groups is 1. The molecule has 0 atom stereocenters. The first kappa shape index (κ1) is 27.3. The zero-order valence-corrected chi connectivity index (χ0v) is 23.5. The smallest absolute Gasteiger partial charge is 0.250 e. The number of rotatable bonds is 11. The van der Waals surface area contributed by atoms with Gasteiger partial charge in [-0.25, -0.2) is 5.43 Å². The molecule has 0 saturated heterocycles. The maximum Gasteiger partial charge on any atom is 0.250 e. The number of hydrogen-bond acceptors (Lipinski definition) is 8. The van der Waals surface area contributed by atoms with Gasteiger partial charge in [-0.3, -0.25) is 4.79 Å². The van der Waals surface area contributed by atoms with Gasteiger partial charge in [-0.05, 0) is 73.7 Å². The molecular weight excluding hydrogens is 516 g/mol. The second-order valence-electron chi connectivity index (χ2n) is 8.61. The summed E-state index contributed by atoms with van der Waals surface area (Å²) < 4.78 is 12.6. The third-order valence-corrected chi connectivity index (χ3v) is 7.87. The predicted molar refractivity (Wildman–Crippen MR) is 154 cm³/mol. The fourth-order valence-electron chi connectivity index (χ4n) is 3.63. The Hall–Kier alpha value is -3.69. The van der Waals surface area contributed by atoms with Crippen molar-refractivity contribution in [3.05, 3.63) is 88.5 Å². The van der Waals surface area contributed by atoms with Crippen LogP contribution < -0.4 is 14.9 Å². The molecule has 0 unspecified atom stereocenters. The van der Waals surface area contributed by atoms with Crippen molar-refractivity contribution in [2.45, 2.75) is 38.6 Å². The van der Waals surface area contributed by atoms with E-state index in [9.17, 15) is 4.79 Å². The van der Waals surface area contributed by atoms with Gasteiger partial charge in [0.05, 0.1) is 18.6 Å². The van der Waals surface area contributed by atoms with Crippen molar-refractivity contribution in [3.63, 3.8) is 0 Å². The molecule has 0 fully saturated rings. The molecule has 4 aromatic rings. The maximum absolute atomic E-state index is 12.3. The molecule has 0 aliphatic heterocycles. The third-order valence-electron chi connectivity index (χ3n) is 5.76. The van der Waals surface area contributed by atoms with Crippen LogP contribution in [0, 0.1) is 20.8 Å². The van der Waals surface area contributed by atoms with Crippen molar-refractivity contribution in [2.24, 2.45) is 5.10 Å². The number of aromatic nitrogens is 2. The van der Waals surface area contributed by atoms with Gasteiger partial charge in [0.1, 0.15) is 11.6 Å². The number of aryl methyl sites for hydroxylation is 3.